The first kappa shape index (κ1) is 21.4. The van der Waals surface area contributed by atoms with E-state index in [0.717, 1.165) is 4.57 Å². The summed E-state index contributed by atoms with van der Waals surface area (Å²) in [5, 5.41) is 20.4. The zero-order valence-corrected chi connectivity index (χ0v) is 15.8. The number of methoxy groups -OCH3 is 1. The van der Waals surface area contributed by atoms with Gasteiger partial charge in [-0.15, -0.1) is 0 Å². The maximum absolute atomic E-state index is 12.3. The van der Waals surface area contributed by atoms with Crippen LogP contribution in [0.3, 0.4) is 0 Å². The van der Waals surface area contributed by atoms with Crippen LogP contribution in [0.5, 0.6) is 0 Å². The van der Waals surface area contributed by atoms with Gasteiger partial charge in [-0.3, -0.25) is 18.9 Å². The van der Waals surface area contributed by atoms with Gasteiger partial charge in [0.1, 0.15) is 18.3 Å². The van der Waals surface area contributed by atoms with Crippen LogP contribution in [-0.4, -0.2) is 68.2 Å². The van der Waals surface area contributed by atoms with Gasteiger partial charge >= 0.3 is 12.4 Å². The van der Waals surface area contributed by atoms with Crippen molar-refractivity contribution in [1.29, 1.82) is 0 Å². The minimum atomic E-state index is -4.20. The molecule has 0 saturated carbocycles. The molecule has 1 saturated heterocycles. The van der Waals surface area contributed by atoms with Crippen molar-refractivity contribution in [3.05, 3.63) is 32.6 Å². The minimum absolute atomic E-state index is 0.0406. The molecular weight excluding hydrogens is 391 g/mol. The number of H-pyrrole nitrogens is 1. The third-order valence-electron chi connectivity index (χ3n) is 4.13. The summed E-state index contributed by atoms with van der Waals surface area (Å²) in [4.78, 5) is 45.0. The Balaban J connectivity index is 2.60. The van der Waals surface area contributed by atoms with Crippen LogP contribution in [0.4, 0.5) is 0 Å². The van der Waals surface area contributed by atoms with Crippen LogP contribution in [0.25, 0.3) is 0 Å². The van der Waals surface area contributed by atoms with Crippen LogP contribution in [0.2, 0.25) is 0 Å². The highest BCUT2D eigenvalue weighted by Gasteiger charge is 2.57. The Morgan fingerprint density at radius 1 is 1.46 bits per heavy atom. The summed E-state index contributed by atoms with van der Waals surface area (Å²) in [5.41, 5.74) is -3.07. The molecule has 0 amide bonds. The summed E-state index contributed by atoms with van der Waals surface area (Å²) in [6, 6.07) is 0. The van der Waals surface area contributed by atoms with Crippen molar-refractivity contribution in [2.24, 2.45) is 0 Å². The Kier molecular flexibility index (Phi) is 6.54. The molecule has 0 aliphatic carbocycles. The van der Waals surface area contributed by atoms with Gasteiger partial charge in [0, 0.05) is 25.3 Å². The second-order valence-electron chi connectivity index (χ2n) is 5.87. The normalized spacial score (nSPS) is 29.2. The fourth-order valence-corrected chi connectivity index (χ4v) is 3.77. The summed E-state index contributed by atoms with van der Waals surface area (Å²) < 4.78 is 16.6. The predicted molar refractivity (Wildman–Crippen MR) is 92.1 cm³/mol. The Labute approximate surface area is 153 Å². The largest absolute Gasteiger partial charge is 0.394 e. The van der Waals surface area contributed by atoms with Gasteiger partial charge in [-0.05, 0) is 18.7 Å². The van der Waals surface area contributed by atoms with E-state index in [1.54, 1.807) is 0 Å². The van der Waals surface area contributed by atoms with Crippen LogP contribution in [0, 0.1) is 6.92 Å². The zero-order valence-electron chi connectivity index (χ0n) is 14.1. The summed E-state index contributed by atoms with van der Waals surface area (Å²) in [6.07, 6.45) is -3.12. The first-order chi connectivity index (χ1) is 12.1. The summed E-state index contributed by atoms with van der Waals surface area (Å²) >= 11 is 4.43. The van der Waals surface area contributed by atoms with Crippen molar-refractivity contribution in [3.63, 3.8) is 0 Å². The van der Waals surface area contributed by atoms with E-state index < -0.39 is 48.6 Å². The summed E-state index contributed by atoms with van der Waals surface area (Å²) in [7, 11) is 1.40. The van der Waals surface area contributed by atoms with Crippen molar-refractivity contribution < 1.29 is 34.0 Å². The second-order valence-corrected chi connectivity index (χ2v) is 8.49. The molecule has 11 nitrogen and oxygen atoms in total. The van der Waals surface area contributed by atoms with Crippen LogP contribution in [0.15, 0.2) is 15.8 Å². The van der Waals surface area contributed by atoms with Crippen LogP contribution in [-0.2, 0) is 31.5 Å². The van der Waals surface area contributed by atoms with Gasteiger partial charge in [-0.25, -0.2) is 4.79 Å². The third kappa shape index (κ3) is 4.14. The number of nitrogens with one attached hydrogen (secondary N) is 1. The van der Waals surface area contributed by atoms with Gasteiger partial charge in [-0.1, -0.05) is 0 Å². The molecule has 5 N–H and O–H groups in total. The van der Waals surface area contributed by atoms with E-state index in [1.165, 1.54) is 20.2 Å². The lowest BCUT2D eigenvalue weighted by Crippen LogP contribution is -2.52. The monoisotopic (exact) mass is 412 g/mol. The maximum atomic E-state index is 12.3. The lowest BCUT2D eigenvalue weighted by atomic mass is 9.99. The number of rotatable bonds is 7. The molecule has 1 aromatic rings. The predicted octanol–water partition coefficient (Wildman–Crippen LogP) is -2.12. The van der Waals surface area contributed by atoms with E-state index in [2.05, 4.69) is 16.8 Å². The number of hydrogen-bond donors (Lipinski definition) is 5. The molecule has 26 heavy (non-hydrogen) atoms. The van der Waals surface area contributed by atoms with Crippen molar-refractivity contribution in [2.75, 3.05) is 20.3 Å². The number of aromatic amines is 1. The first-order valence-electron chi connectivity index (χ1n) is 7.58. The van der Waals surface area contributed by atoms with Gasteiger partial charge in [0.25, 0.3) is 5.56 Å². The molecule has 0 bridgehead atoms. The van der Waals surface area contributed by atoms with E-state index in [-0.39, 0.29) is 18.6 Å². The average Bonchev–Trinajstić information content (AvgIpc) is 2.81. The van der Waals surface area contributed by atoms with E-state index in [4.69, 9.17) is 14.0 Å². The summed E-state index contributed by atoms with van der Waals surface area (Å²) in [6.45, 7) is -3.35. The SMILES string of the molecule is COCC[C@@]1(n2cc(C)c(=O)[nH]c2=O)O[C@H](CO)[C@@H](OP(O)(O)=S)[C@H]1O. The highest BCUT2D eigenvalue weighted by atomic mass is 32.5. The first-order valence-corrected chi connectivity index (χ1v) is 10.2. The lowest BCUT2D eigenvalue weighted by Gasteiger charge is -2.34. The van der Waals surface area contributed by atoms with E-state index >= 15 is 0 Å². The molecule has 0 aromatic carbocycles. The smallest absolute Gasteiger partial charge is 0.330 e. The molecule has 0 unspecified atom stereocenters. The second kappa shape index (κ2) is 7.97. The molecule has 0 radical (unpaired) electrons. The topological polar surface area (TPSA) is 163 Å². The summed E-state index contributed by atoms with van der Waals surface area (Å²) in [5.74, 6) is 0. The van der Waals surface area contributed by atoms with Gasteiger partial charge in [0.2, 0.25) is 0 Å². The average molecular weight is 412 g/mol. The number of ether oxygens (including phenoxy) is 2. The number of aryl methyl sites for hydroxylation is 1. The Hall–Kier alpha value is -0.950. The standard InChI is InChI=1S/C13H21N2O9PS/c1-7-5-15(12(19)14-11(7)18)13(3-4-22-2)10(17)9(8(6-16)23-13)24-25(20,21)26/h5,8-10,16-17H,3-4,6H2,1-2H3,(H,14,18,19)(H2,20,21,26)/t8-,9-,10-,13-/m1/s1. The number of aliphatic hydroxyl groups is 2. The third-order valence-corrected chi connectivity index (χ3v) is 4.90. The molecule has 1 aliphatic heterocycles. The van der Waals surface area contributed by atoms with Crippen molar-refractivity contribution in [1.82, 2.24) is 9.55 Å². The number of aromatic nitrogens is 2. The molecule has 4 atom stereocenters. The highest BCUT2D eigenvalue weighted by Crippen LogP contribution is 2.46. The number of nitrogens with zero attached hydrogens (tertiary/aromatic N) is 1. The molecule has 148 valence electrons. The molecule has 2 rings (SSSR count). The van der Waals surface area contributed by atoms with Crippen LogP contribution in [0.1, 0.15) is 12.0 Å². The fraction of sp³-hybridized carbons (Fsp3) is 0.692. The maximum Gasteiger partial charge on any atom is 0.330 e. The van der Waals surface area contributed by atoms with Crippen molar-refractivity contribution in [3.8, 4) is 0 Å². The molecule has 1 aliphatic rings. The molecule has 1 aromatic heterocycles. The van der Waals surface area contributed by atoms with E-state index in [0.29, 0.717) is 0 Å². The Bertz CT molecular complexity index is 806. The van der Waals surface area contributed by atoms with Crippen molar-refractivity contribution >= 4 is 18.5 Å². The minimum Gasteiger partial charge on any atom is -0.394 e. The van der Waals surface area contributed by atoms with Crippen LogP contribution >= 0.6 is 6.72 Å². The zero-order chi connectivity index (χ0) is 19.7. The Morgan fingerprint density at radius 2 is 2.12 bits per heavy atom. The van der Waals surface area contributed by atoms with Crippen molar-refractivity contribution in [2.45, 2.75) is 37.4 Å². The van der Waals surface area contributed by atoms with E-state index in [9.17, 15) is 29.6 Å². The molecule has 0 spiro atoms. The van der Waals surface area contributed by atoms with Gasteiger partial charge < -0.3 is 29.5 Å². The molecule has 2 heterocycles. The van der Waals surface area contributed by atoms with Gasteiger partial charge in [0.05, 0.1) is 13.2 Å². The fourth-order valence-electron chi connectivity index (χ4n) is 2.91. The number of hydrogen-bond acceptors (Lipinski definition) is 8. The van der Waals surface area contributed by atoms with Gasteiger partial charge in [0.15, 0.2) is 5.72 Å². The van der Waals surface area contributed by atoms with Crippen LogP contribution < -0.4 is 11.2 Å². The molecule has 1 fully saturated rings. The molecular formula is C13H21N2O9PS. The quantitative estimate of drug-likeness (QED) is 0.313. The van der Waals surface area contributed by atoms with Gasteiger partial charge in [-0.2, -0.15) is 0 Å². The highest BCUT2D eigenvalue weighted by molar-refractivity contribution is 8.06. The Morgan fingerprint density at radius 3 is 2.65 bits per heavy atom. The van der Waals surface area contributed by atoms with E-state index in [1.807, 2.05) is 0 Å². The molecule has 13 heteroatoms. The lowest BCUT2D eigenvalue weighted by molar-refractivity contribution is -0.161. The number of aliphatic hydroxyl groups excluding tert-OH is 2.